The van der Waals surface area contributed by atoms with Crippen LogP contribution in [-0.2, 0) is 4.79 Å². The molecule has 4 rings (SSSR count). The summed E-state index contributed by atoms with van der Waals surface area (Å²) in [6.45, 7) is 0.211. The molecular weight excluding hydrogens is 314 g/mol. The van der Waals surface area contributed by atoms with Crippen LogP contribution in [0.2, 0.25) is 0 Å². The fourth-order valence-corrected chi connectivity index (χ4v) is 3.90. The van der Waals surface area contributed by atoms with E-state index in [0.717, 1.165) is 22.6 Å². The van der Waals surface area contributed by atoms with Crippen molar-refractivity contribution in [1.29, 1.82) is 0 Å². The summed E-state index contributed by atoms with van der Waals surface area (Å²) in [6.07, 6.45) is 0. The lowest BCUT2D eigenvalue weighted by atomic mass is 10.0. The number of hydrogen-bond donors (Lipinski definition) is 1. The van der Waals surface area contributed by atoms with Crippen LogP contribution < -0.4 is 19.5 Å². The molecule has 0 aromatic heterocycles. The zero-order valence-corrected chi connectivity index (χ0v) is 13.3. The lowest BCUT2D eigenvalue weighted by molar-refractivity contribution is -0.113. The predicted octanol–water partition coefficient (Wildman–Crippen LogP) is 3.20. The highest BCUT2D eigenvalue weighted by Crippen LogP contribution is 2.47. The van der Waals surface area contributed by atoms with Crippen LogP contribution in [0.3, 0.4) is 0 Å². The molecule has 0 fully saturated rings. The largest absolute Gasteiger partial charge is 0.497 e. The molecule has 0 bridgehead atoms. The van der Waals surface area contributed by atoms with Gasteiger partial charge in [-0.1, -0.05) is 12.1 Å². The summed E-state index contributed by atoms with van der Waals surface area (Å²) in [7, 11) is 1.65. The average molecular weight is 329 g/mol. The molecule has 1 N–H and O–H groups in total. The number of benzene rings is 2. The fourth-order valence-electron chi connectivity index (χ4n) is 2.80. The number of carbonyl (C=O) groups excluding carboxylic acids is 1. The summed E-state index contributed by atoms with van der Waals surface area (Å²) in [6, 6.07) is 11.7. The van der Waals surface area contributed by atoms with E-state index in [0.29, 0.717) is 17.3 Å². The average Bonchev–Trinajstić information content (AvgIpc) is 2.95. The van der Waals surface area contributed by atoms with E-state index >= 15 is 0 Å². The van der Waals surface area contributed by atoms with Gasteiger partial charge in [0, 0.05) is 11.8 Å². The van der Waals surface area contributed by atoms with Crippen molar-refractivity contribution in [3.05, 3.63) is 47.5 Å². The molecule has 1 atom stereocenters. The third-order valence-electron chi connectivity index (χ3n) is 3.88. The van der Waals surface area contributed by atoms with Crippen molar-refractivity contribution in [2.24, 2.45) is 0 Å². The Morgan fingerprint density at radius 3 is 2.87 bits per heavy atom. The summed E-state index contributed by atoms with van der Waals surface area (Å²) in [5.74, 6) is 2.56. The Balaban J connectivity index is 1.83. The van der Waals surface area contributed by atoms with Crippen molar-refractivity contribution in [3.8, 4) is 17.2 Å². The number of rotatable bonds is 2. The maximum atomic E-state index is 12.0. The molecule has 0 spiro atoms. The maximum absolute atomic E-state index is 12.0. The van der Waals surface area contributed by atoms with E-state index in [1.807, 2.05) is 36.4 Å². The molecule has 1 amide bonds. The van der Waals surface area contributed by atoms with E-state index in [-0.39, 0.29) is 18.0 Å². The maximum Gasteiger partial charge on any atom is 0.234 e. The number of amides is 1. The zero-order chi connectivity index (χ0) is 15.8. The van der Waals surface area contributed by atoms with Crippen LogP contribution in [0, 0.1) is 0 Å². The van der Waals surface area contributed by atoms with Crippen molar-refractivity contribution in [2.75, 3.05) is 25.0 Å². The molecular formula is C17H15NO4S. The Morgan fingerprint density at radius 1 is 1.22 bits per heavy atom. The van der Waals surface area contributed by atoms with Crippen molar-refractivity contribution < 1.29 is 19.0 Å². The number of carbonyl (C=O) groups is 1. The van der Waals surface area contributed by atoms with E-state index in [9.17, 15) is 4.79 Å². The number of anilines is 1. The van der Waals surface area contributed by atoms with Gasteiger partial charge in [0.05, 0.1) is 18.1 Å². The highest BCUT2D eigenvalue weighted by atomic mass is 32.2. The Kier molecular flexibility index (Phi) is 3.53. The van der Waals surface area contributed by atoms with Gasteiger partial charge < -0.3 is 19.5 Å². The standard InChI is InChI=1S/C17H15NO4S/c1-20-11-4-2-3-10(5-11)17-12-6-14-15(22-9-21-14)7-13(12)18-16(19)8-23-17/h2-7,17H,8-9H2,1H3,(H,18,19). The summed E-state index contributed by atoms with van der Waals surface area (Å²) in [5.41, 5.74) is 2.88. The van der Waals surface area contributed by atoms with E-state index in [1.165, 1.54) is 0 Å². The SMILES string of the molecule is COc1cccc(C2SCC(=O)Nc3cc4c(cc32)OCO4)c1. The van der Waals surface area contributed by atoms with Gasteiger partial charge in [0.1, 0.15) is 5.75 Å². The number of hydrogen-bond acceptors (Lipinski definition) is 5. The minimum Gasteiger partial charge on any atom is -0.497 e. The van der Waals surface area contributed by atoms with Crippen molar-refractivity contribution >= 4 is 23.4 Å². The quantitative estimate of drug-likeness (QED) is 0.917. The molecule has 0 saturated carbocycles. The highest BCUT2D eigenvalue weighted by molar-refractivity contribution is 8.00. The molecule has 2 heterocycles. The first-order valence-electron chi connectivity index (χ1n) is 7.23. The molecule has 5 nitrogen and oxygen atoms in total. The van der Waals surface area contributed by atoms with Crippen LogP contribution in [0.4, 0.5) is 5.69 Å². The van der Waals surface area contributed by atoms with E-state index in [4.69, 9.17) is 14.2 Å². The van der Waals surface area contributed by atoms with Crippen LogP contribution in [0.15, 0.2) is 36.4 Å². The first-order valence-corrected chi connectivity index (χ1v) is 8.28. The summed E-state index contributed by atoms with van der Waals surface area (Å²) < 4.78 is 16.2. The summed E-state index contributed by atoms with van der Waals surface area (Å²) in [5, 5.41) is 2.98. The van der Waals surface area contributed by atoms with E-state index in [2.05, 4.69) is 5.32 Å². The smallest absolute Gasteiger partial charge is 0.234 e. The molecule has 6 heteroatoms. The number of methoxy groups -OCH3 is 1. The molecule has 2 aromatic rings. The third-order valence-corrected chi connectivity index (χ3v) is 5.17. The molecule has 23 heavy (non-hydrogen) atoms. The van der Waals surface area contributed by atoms with Gasteiger partial charge in [-0.15, -0.1) is 11.8 Å². The number of nitrogens with one attached hydrogen (secondary N) is 1. The van der Waals surface area contributed by atoms with Gasteiger partial charge in [0.25, 0.3) is 0 Å². The third kappa shape index (κ3) is 2.59. The first-order chi connectivity index (χ1) is 11.2. The fraction of sp³-hybridized carbons (Fsp3) is 0.235. The molecule has 2 aliphatic rings. The molecule has 0 aliphatic carbocycles. The van der Waals surface area contributed by atoms with Crippen molar-refractivity contribution in [1.82, 2.24) is 0 Å². The molecule has 1 unspecified atom stereocenters. The second kappa shape index (κ2) is 5.70. The molecule has 2 aliphatic heterocycles. The molecule has 118 valence electrons. The van der Waals surface area contributed by atoms with Crippen LogP contribution in [-0.4, -0.2) is 25.6 Å². The molecule has 2 aromatic carbocycles. The minimum atomic E-state index is -0.0134. The van der Waals surface area contributed by atoms with Gasteiger partial charge in [-0.3, -0.25) is 4.79 Å². The summed E-state index contributed by atoms with van der Waals surface area (Å²) >= 11 is 1.59. The van der Waals surface area contributed by atoms with Crippen LogP contribution in [0.5, 0.6) is 17.2 Å². The van der Waals surface area contributed by atoms with Crippen molar-refractivity contribution in [3.63, 3.8) is 0 Å². The van der Waals surface area contributed by atoms with Crippen LogP contribution in [0.1, 0.15) is 16.4 Å². The van der Waals surface area contributed by atoms with E-state index < -0.39 is 0 Å². The van der Waals surface area contributed by atoms with Crippen LogP contribution in [0.25, 0.3) is 0 Å². The number of fused-ring (bicyclic) bond motifs is 2. The second-order valence-electron chi connectivity index (χ2n) is 5.31. The summed E-state index contributed by atoms with van der Waals surface area (Å²) in [4.78, 5) is 12.0. The predicted molar refractivity (Wildman–Crippen MR) is 88.5 cm³/mol. The Hall–Kier alpha value is -2.34. The van der Waals surface area contributed by atoms with E-state index in [1.54, 1.807) is 18.9 Å². The lowest BCUT2D eigenvalue weighted by Gasteiger charge is -2.18. The molecule has 0 saturated heterocycles. The van der Waals surface area contributed by atoms with Crippen molar-refractivity contribution in [2.45, 2.75) is 5.25 Å². The monoisotopic (exact) mass is 329 g/mol. The Labute approximate surface area is 137 Å². The van der Waals surface area contributed by atoms with Crippen LogP contribution >= 0.6 is 11.8 Å². The van der Waals surface area contributed by atoms with Gasteiger partial charge in [-0.2, -0.15) is 0 Å². The Bertz CT molecular complexity index is 777. The minimum absolute atomic E-state index is 0.0134. The lowest BCUT2D eigenvalue weighted by Crippen LogP contribution is -2.12. The number of thioether (sulfide) groups is 1. The topological polar surface area (TPSA) is 56.8 Å². The van der Waals surface area contributed by atoms with Gasteiger partial charge >= 0.3 is 0 Å². The second-order valence-corrected chi connectivity index (χ2v) is 6.40. The van der Waals surface area contributed by atoms with Gasteiger partial charge in [-0.05, 0) is 29.3 Å². The number of ether oxygens (including phenoxy) is 3. The normalized spacial score (nSPS) is 18.8. The van der Waals surface area contributed by atoms with Gasteiger partial charge in [0.2, 0.25) is 12.7 Å². The molecule has 0 radical (unpaired) electrons. The highest BCUT2D eigenvalue weighted by Gasteiger charge is 2.28. The first kappa shape index (κ1) is 14.3. The Morgan fingerprint density at radius 2 is 2.04 bits per heavy atom. The van der Waals surface area contributed by atoms with Gasteiger partial charge in [-0.25, -0.2) is 0 Å². The zero-order valence-electron chi connectivity index (χ0n) is 12.5. The van der Waals surface area contributed by atoms with Gasteiger partial charge in [0.15, 0.2) is 11.5 Å².